The van der Waals surface area contributed by atoms with Crippen LogP contribution in [0.5, 0.6) is 0 Å². The Morgan fingerprint density at radius 1 is 1.42 bits per heavy atom. The predicted molar refractivity (Wildman–Crippen MR) is 86.8 cm³/mol. The van der Waals surface area contributed by atoms with Crippen LogP contribution in [-0.2, 0) is 16.0 Å². The third-order valence-corrected chi connectivity index (χ3v) is 4.04. The van der Waals surface area contributed by atoms with E-state index in [1.54, 1.807) is 12.3 Å². The van der Waals surface area contributed by atoms with Crippen LogP contribution in [0.15, 0.2) is 42.9 Å². The van der Waals surface area contributed by atoms with Gasteiger partial charge < -0.3 is 9.64 Å². The van der Waals surface area contributed by atoms with Crippen molar-refractivity contribution in [1.82, 2.24) is 14.9 Å². The van der Waals surface area contributed by atoms with Gasteiger partial charge in [0.1, 0.15) is 12.4 Å². The third-order valence-electron chi connectivity index (χ3n) is 4.04. The van der Waals surface area contributed by atoms with E-state index in [4.69, 9.17) is 10.00 Å². The highest BCUT2D eigenvalue weighted by atomic mass is 16.5. The lowest BCUT2D eigenvalue weighted by molar-refractivity contribution is -0.139. The summed E-state index contributed by atoms with van der Waals surface area (Å²) in [4.78, 5) is 22.3. The van der Waals surface area contributed by atoms with Crippen molar-refractivity contribution < 1.29 is 9.53 Å². The van der Waals surface area contributed by atoms with Gasteiger partial charge in [0, 0.05) is 24.9 Å². The molecule has 2 aromatic rings. The first-order chi connectivity index (χ1) is 11.8. The molecule has 1 fully saturated rings. The maximum atomic E-state index is 12.4. The van der Waals surface area contributed by atoms with Crippen molar-refractivity contribution >= 4 is 5.91 Å². The lowest BCUT2D eigenvalue weighted by Crippen LogP contribution is -2.42. The van der Waals surface area contributed by atoms with E-state index in [2.05, 4.69) is 16.0 Å². The van der Waals surface area contributed by atoms with E-state index >= 15 is 0 Å². The summed E-state index contributed by atoms with van der Waals surface area (Å²) in [7, 11) is 0. The van der Waals surface area contributed by atoms with E-state index in [0.29, 0.717) is 38.1 Å². The number of amides is 1. The second kappa shape index (κ2) is 7.66. The molecular formula is C18H18N4O2. The average molecular weight is 322 g/mol. The molecule has 1 saturated heterocycles. The van der Waals surface area contributed by atoms with E-state index < -0.39 is 0 Å². The number of ether oxygens (including phenoxy) is 1. The van der Waals surface area contributed by atoms with Crippen molar-refractivity contribution in [2.24, 2.45) is 0 Å². The molecule has 0 unspecified atom stereocenters. The van der Waals surface area contributed by atoms with Gasteiger partial charge in [-0.25, -0.2) is 9.97 Å². The number of nitriles is 1. The Kier molecular flexibility index (Phi) is 5.14. The normalized spacial score (nSPS) is 17.3. The van der Waals surface area contributed by atoms with Crippen molar-refractivity contribution in [3.8, 4) is 6.07 Å². The SMILES string of the molecule is N#Cc1cccc([C@@H]2CN(C(=O)CCc3ccncn3)CCO2)c1. The Bertz CT molecular complexity index is 742. The van der Waals surface area contributed by atoms with Crippen molar-refractivity contribution in [2.45, 2.75) is 18.9 Å². The Hall–Kier alpha value is -2.78. The summed E-state index contributed by atoms with van der Waals surface area (Å²) in [5.41, 5.74) is 2.40. The van der Waals surface area contributed by atoms with Crippen LogP contribution in [0.3, 0.4) is 0 Å². The summed E-state index contributed by atoms with van der Waals surface area (Å²) >= 11 is 0. The van der Waals surface area contributed by atoms with E-state index in [-0.39, 0.29) is 12.0 Å². The van der Waals surface area contributed by atoms with Gasteiger partial charge in [-0.3, -0.25) is 4.79 Å². The molecule has 6 heteroatoms. The van der Waals surface area contributed by atoms with Crippen LogP contribution in [0.2, 0.25) is 0 Å². The molecule has 0 bridgehead atoms. The molecule has 0 N–H and O–H groups in total. The number of aromatic nitrogens is 2. The zero-order chi connectivity index (χ0) is 16.8. The van der Waals surface area contributed by atoms with Crippen molar-refractivity contribution in [3.05, 3.63) is 59.7 Å². The van der Waals surface area contributed by atoms with Gasteiger partial charge in [-0.2, -0.15) is 5.26 Å². The van der Waals surface area contributed by atoms with Crippen LogP contribution in [0.25, 0.3) is 0 Å². The molecule has 2 heterocycles. The third kappa shape index (κ3) is 3.94. The molecule has 1 aliphatic rings. The van der Waals surface area contributed by atoms with Crippen LogP contribution < -0.4 is 0 Å². The predicted octanol–water partition coefficient (Wildman–Crippen LogP) is 1.88. The van der Waals surface area contributed by atoms with E-state index in [0.717, 1.165) is 11.3 Å². The van der Waals surface area contributed by atoms with Gasteiger partial charge in [0.15, 0.2) is 0 Å². The quantitative estimate of drug-likeness (QED) is 0.859. The van der Waals surface area contributed by atoms with Crippen LogP contribution in [0.1, 0.15) is 29.3 Å². The minimum atomic E-state index is -0.185. The van der Waals surface area contributed by atoms with Crippen LogP contribution >= 0.6 is 0 Å². The molecule has 0 spiro atoms. The van der Waals surface area contributed by atoms with Gasteiger partial charge in [-0.15, -0.1) is 0 Å². The summed E-state index contributed by atoms with van der Waals surface area (Å²) < 4.78 is 5.78. The zero-order valence-corrected chi connectivity index (χ0v) is 13.3. The number of rotatable bonds is 4. The fourth-order valence-electron chi connectivity index (χ4n) is 2.75. The number of morpholine rings is 1. The number of hydrogen-bond acceptors (Lipinski definition) is 5. The Balaban J connectivity index is 1.60. The standard InChI is InChI=1S/C18H18N4O2/c19-11-14-2-1-3-15(10-14)17-12-22(8-9-24-17)18(23)5-4-16-6-7-20-13-21-16/h1-3,6-7,10,13,17H,4-5,8-9,12H2/t17-/m0/s1. The van der Waals surface area contributed by atoms with Crippen LogP contribution in [0, 0.1) is 11.3 Å². The highest BCUT2D eigenvalue weighted by Gasteiger charge is 2.25. The van der Waals surface area contributed by atoms with Gasteiger partial charge in [0.05, 0.1) is 24.8 Å². The fraction of sp³-hybridized carbons (Fsp3) is 0.333. The first-order valence-corrected chi connectivity index (χ1v) is 7.90. The maximum absolute atomic E-state index is 12.4. The van der Waals surface area contributed by atoms with Gasteiger partial charge in [0.25, 0.3) is 0 Å². The molecule has 0 saturated carbocycles. The maximum Gasteiger partial charge on any atom is 0.223 e. The molecule has 1 atom stereocenters. The Morgan fingerprint density at radius 2 is 2.33 bits per heavy atom. The molecule has 0 aliphatic carbocycles. The lowest BCUT2D eigenvalue weighted by atomic mass is 10.0. The van der Waals surface area contributed by atoms with Gasteiger partial charge in [0.2, 0.25) is 5.91 Å². The van der Waals surface area contributed by atoms with Gasteiger partial charge in [-0.05, 0) is 30.2 Å². The molecule has 0 radical (unpaired) electrons. The van der Waals surface area contributed by atoms with E-state index in [1.807, 2.05) is 29.2 Å². The smallest absolute Gasteiger partial charge is 0.223 e. The largest absolute Gasteiger partial charge is 0.370 e. The first-order valence-electron chi connectivity index (χ1n) is 7.90. The molecule has 1 aliphatic heterocycles. The Labute approximate surface area is 140 Å². The molecular weight excluding hydrogens is 304 g/mol. The minimum Gasteiger partial charge on any atom is -0.370 e. The monoisotopic (exact) mass is 322 g/mol. The minimum absolute atomic E-state index is 0.0957. The number of hydrogen-bond donors (Lipinski definition) is 0. The van der Waals surface area contributed by atoms with E-state index in [1.165, 1.54) is 6.33 Å². The van der Waals surface area contributed by atoms with Crippen molar-refractivity contribution in [1.29, 1.82) is 5.26 Å². The summed E-state index contributed by atoms with van der Waals surface area (Å²) in [6.07, 6.45) is 4.01. The number of benzene rings is 1. The second-order valence-electron chi connectivity index (χ2n) is 5.64. The number of aryl methyl sites for hydroxylation is 1. The highest BCUT2D eigenvalue weighted by molar-refractivity contribution is 5.76. The van der Waals surface area contributed by atoms with Crippen molar-refractivity contribution in [2.75, 3.05) is 19.7 Å². The summed E-state index contributed by atoms with van der Waals surface area (Å²) in [6, 6.07) is 11.3. The summed E-state index contributed by atoms with van der Waals surface area (Å²) in [6.45, 7) is 1.61. The molecule has 1 aromatic carbocycles. The van der Waals surface area contributed by atoms with Crippen molar-refractivity contribution in [3.63, 3.8) is 0 Å². The molecule has 122 valence electrons. The molecule has 6 nitrogen and oxygen atoms in total. The molecule has 1 aromatic heterocycles. The second-order valence-corrected chi connectivity index (χ2v) is 5.64. The molecule has 1 amide bonds. The van der Waals surface area contributed by atoms with Gasteiger partial charge in [-0.1, -0.05) is 12.1 Å². The van der Waals surface area contributed by atoms with Crippen LogP contribution in [0.4, 0.5) is 0 Å². The molecule has 3 rings (SSSR count). The van der Waals surface area contributed by atoms with Gasteiger partial charge >= 0.3 is 0 Å². The highest BCUT2D eigenvalue weighted by Crippen LogP contribution is 2.23. The average Bonchev–Trinajstić information content (AvgIpc) is 2.67. The summed E-state index contributed by atoms with van der Waals surface area (Å²) in [5.74, 6) is 0.0957. The topological polar surface area (TPSA) is 79.1 Å². The van der Waals surface area contributed by atoms with Crippen LogP contribution in [-0.4, -0.2) is 40.5 Å². The number of carbonyl (C=O) groups excluding carboxylic acids is 1. The molecule has 24 heavy (non-hydrogen) atoms. The fourth-order valence-corrected chi connectivity index (χ4v) is 2.75. The van der Waals surface area contributed by atoms with E-state index in [9.17, 15) is 4.79 Å². The number of nitrogens with zero attached hydrogens (tertiary/aromatic N) is 4. The number of carbonyl (C=O) groups is 1. The summed E-state index contributed by atoms with van der Waals surface area (Å²) in [5, 5.41) is 9.01. The lowest BCUT2D eigenvalue weighted by Gasteiger charge is -2.33. The zero-order valence-electron chi connectivity index (χ0n) is 13.3. The first kappa shape index (κ1) is 16.1. The Morgan fingerprint density at radius 3 is 3.12 bits per heavy atom.